The van der Waals surface area contributed by atoms with Gasteiger partial charge in [0.2, 0.25) is 0 Å². The van der Waals surface area contributed by atoms with Crippen LogP contribution in [0.15, 0.2) is 215 Å². The van der Waals surface area contributed by atoms with E-state index >= 15 is 0 Å². The van der Waals surface area contributed by atoms with Crippen molar-refractivity contribution in [2.45, 2.75) is 0 Å². The summed E-state index contributed by atoms with van der Waals surface area (Å²) < 4.78 is 15.6. The van der Waals surface area contributed by atoms with Crippen LogP contribution in [0.3, 0.4) is 0 Å². The van der Waals surface area contributed by atoms with E-state index in [1.165, 1.54) is 16.3 Å². The fourth-order valence-electron chi connectivity index (χ4n) is 9.42. The lowest BCUT2D eigenvalue weighted by molar-refractivity contribution is 0.669. The van der Waals surface area contributed by atoms with Gasteiger partial charge in [-0.1, -0.05) is 152 Å². The molecule has 0 aliphatic rings. The van der Waals surface area contributed by atoms with Crippen LogP contribution in [0.4, 0.5) is 0 Å². The normalized spacial score (nSPS) is 11.8. The molecule has 6 nitrogen and oxygen atoms in total. The molecule has 0 unspecified atom stereocenters. The highest BCUT2D eigenvalue weighted by atomic mass is 16.3. The number of furan rings is 2. The molecule has 0 spiro atoms. The largest absolute Gasteiger partial charge is 0.456 e. The number of hydrogen-bond donors (Lipinski definition) is 0. The molecule has 0 radical (unpaired) electrons. The van der Waals surface area contributed by atoms with Gasteiger partial charge >= 0.3 is 0 Å². The summed E-state index contributed by atoms with van der Waals surface area (Å²) in [5, 5.41) is 6.45. The van der Waals surface area contributed by atoms with Crippen molar-refractivity contribution in [3.63, 3.8) is 0 Å². The molecular formula is C57H34N4O2. The maximum Gasteiger partial charge on any atom is 0.164 e. The Hall–Kier alpha value is -8.61. The molecule has 13 aromatic rings. The van der Waals surface area contributed by atoms with Gasteiger partial charge in [-0.05, 0) is 71.3 Å². The van der Waals surface area contributed by atoms with Gasteiger partial charge in [0.15, 0.2) is 17.5 Å². The first-order valence-electron chi connectivity index (χ1n) is 21.1. The van der Waals surface area contributed by atoms with E-state index in [1.807, 2.05) is 54.6 Å². The SMILES string of the molecule is c1ccc(-c2nc(-c3ccc4c(c3)oc3c(-c5ccccc5)cccc34)nc(-c3cccc4oc5ccc(-c6cccc7c6c6ccccc6n7-c6ccccc6)cc5c34)n2)cc1. The average molecular weight is 807 g/mol. The zero-order valence-corrected chi connectivity index (χ0v) is 33.7. The lowest BCUT2D eigenvalue weighted by atomic mass is 9.97. The molecule has 4 heterocycles. The van der Waals surface area contributed by atoms with E-state index in [4.69, 9.17) is 23.8 Å². The monoisotopic (exact) mass is 806 g/mol. The third-order valence-corrected chi connectivity index (χ3v) is 12.3. The summed E-state index contributed by atoms with van der Waals surface area (Å²) in [4.78, 5) is 15.5. The van der Waals surface area contributed by atoms with E-state index in [1.54, 1.807) is 0 Å². The van der Waals surface area contributed by atoms with Crippen LogP contribution in [-0.2, 0) is 0 Å². The van der Waals surface area contributed by atoms with Gasteiger partial charge in [0.05, 0.1) is 11.0 Å². The van der Waals surface area contributed by atoms with Crippen molar-refractivity contribution in [3.05, 3.63) is 206 Å². The summed E-state index contributed by atoms with van der Waals surface area (Å²) >= 11 is 0. The van der Waals surface area contributed by atoms with Gasteiger partial charge in [-0.2, -0.15) is 0 Å². The molecule has 0 amide bonds. The molecular weight excluding hydrogens is 773 g/mol. The molecule has 0 saturated heterocycles. The standard InChI is InChI=1S/C57H34N4O2/c1-4-15-35(16-5-1)41-23-12-24-43-42-31-29-38(34-51(42)63-54(41)43)56-58-55(36-17-6-2-7-18-36)59-57(60-56)45-25-14-28-50-53(45)46-33-37(30-32-49(46)62-50)40-22-13-27-48-52(40)44-21-10-11-26-47(44)61(48)39-19-8-3-9-20-39/h1-34H. The molecule has 9 aromatic carbocycles. The van der Waals surface area contributed by atoms with Gasteiger partial charge in [0, 0.05) is 60.3 Å². The Morgan fingerprint density at radius 2 is 0.952 bits per heavy atom. The lowest BCUT2D eigenvalue weighted by Crippen LogP contribution is -2.00. The van der Waals surface area contributed by atoms with E-state index < -0.39 is 0 Å². The first kappa shape index (κ1) is 35.2. The number of nitrogens with zero attached hydrogens (tertiary/aromatic N) is 4. The molecule has 13 rings (SSSR count). The molecule has 294 valence electrons. The predicted molar refractivity (Wildman–Crippen MR) is 256 cm³/mol. The summed E-state index contributed by atoms with van der Waals surface area (Å²) in [5.74, 6) is 1.69. The zero-order chi connectivity index (χ0) is 41.4. The number of rotatable bonds is 6. The Bertz CT molecular complexity index is 3900. The van der Waals surface area contributed by atoms with Crippen molar-refractivity contribution in [1.29, 1.82) is 0 Å². The average Bonchev–Trinajstić information content (AvgIpc) is 4.04. The number of hydrogen-bond acceptors (Lipinski definition) is 5. The van der Waals surface area contributed by atoms with E-state index in [9.17, 15) is 0 Å². The molecule has 4 aromatic heterocycles. The lowest BCUT2D eigenvalue weighted by Gasteiger charge is -2.10. The quantitative estimate of drug-likeness (QED) is 0.167. The molecule has 0 saturated carbocycles. The van der Waals surface area contributed by atoms with Crippen LogP contribution in [0.25, 0.3) is 128 Å². The number of para-hydroxylation sites is 3. The van der Waals surface area contributed by atoms with Gasteiger partial charge in [-0.3, -0.25) is 0 Å². The number of fused-ring (bicyclic) bond motifs is 9. The summed E-state index contributed by atoms with van der Waals surface area (Å²) in [5.41, 5.74) is 13.6. The Balaban J connectivity index is 0.996. The molecule has 0 aliphatic carbocycles. The second-order valence-electron chi connectivity index (χ2n) is 15.9. The van der Waals surface area contributed by atoms with E-state index in [2.05, 4.69) is 156 Å². The van der Waals surface area contributed by atoms with Gasteiger partial charge in [0.1, 0.15) is 22.3 Å². The van der Waals surface area contributed by atoms with Crippen LogP contribution in [0, 0.1) is 0 Å². The van der Waals surface area contributed by atoms with Crippen molar-refractivity contribution in [1.82, 2.24) is 19.5 Å². The first-order chi connectivity index (χ1) is 31.2. The Morgan fingerprint density at radius 3 is 1.79 bits per heavy atom. The van der Waals surface area contributed by atoms with Crippen LogP contribution < -0.4 is 0 Å². The zero-order valence-electron chi connectivity index (χ0n) is 33.7. The van der Waals surface area contributed by atoms with Crippen molar-refractivity contribution in [2.24, 2.45) is 0 Å². The minimum Gasteiger partial charge on any atom is -0.456 e. The Labute approximate surface area is 361 Å². The minimum atomic E-state index is 0.552. The second kappa shape index (κ2) is 14.0. The van der Waals surface area contributed by atoms with Crippen molar-refractivity contribution < 1.29 is 8.83 Å². The van der Waals surface area contributed by atoms with E-state index in [0.29, 0.717) is 17.5 Å². The maximum atomic E-state index is 6.66. The Morgan fingerprint density at radius 1 is 0.317 bits per heavy atom. The van der Waals surface area contributed by atoms with Crippen molar-refractivity contribution in [3.8, 4) is 62.1 Å². The molecule has 0 atom stereocenters. The summed E-state index contributed by atoms with van der Waals surface area (Å²) in [7, 11) is 0. The molecule has 0 fully saturated rings. The smallest absolute Gasteiger partial charge is 0.164 e. The molecule has 0 bridgehead atoms. The molecule has 0 N–H and O–H groups in total. The fourth-order valence-corrected chi connectivity index (χ4v) is 9.42. The maximum absolute atomic E-state index is 6.66. The number of benzene rings is 9. The predicted octanol–water partition coefficient (Wildman–Crippen LogP) is 15.1. The van der Waals surface area contributed by atoms with Gasteiger partial charge in [-0.25, -0.2) is 15.0 Å². The van der Waals surface area contributed by atoms with Crippen LogP contribution in [0.1, 0.15) is 0 Å². The van der Waals surface area contributed by atoms with Crippen LogP contribution in [-0.4, -0.2) is 19.5 Å². The highest BCUT2D eigenvalue weighted by Crippen LogP contribution is 2.43. The topological polar surface area (TPSA) is 69.9 Å². The van der Waals surface area contributed by atoms with Crippen molar-refractivity contribution in [2.75, 3.05) is 0 Å². The highest BCUT2D eigenvalue weighted by Gasteiger charge is 2.21. The molecule has 63 heavy (non-hydrogen) atoms. The summed E-state index contributed by atoms with van der Waals surface area (Å²) in [6.45, 7) is 0. The third kappa shape index (κ3) is 5.62. The van der Waals surface area contributed by atoms with Gasteiger partial charge < -0.3 is 13.4 Å². The summed E-state index contributed by atoms with van der Waals surface area (Å²) in [6, 6.07) is 71.4. The van der Waals surface area contributed by atoms with E-state index in [-0.39, 0.29) is 0 Å². The second-order valence-corrected chi connectivity index (χ2v) is 15.9. The summed E-state index contributed by atoms with van der Waals surface area (Å²) in [6.07, 6.45) is 0. The molecule has 0 aliphatic heterocycles. The van der Waals surface area contributed by atoms with E-state index in [0.717, 1.165) is 94.0 Å². The number of aromatic nitrogens is 4. The van der Waals surface area contributed by atoms with Crippen LogP contribution >= 0.6 is 0 Å². The van der Waals surface area contributed by atoms with Crippen molar-refractivity contribution >= 4 is 65.7 Å². The minimum absolute atomic E-state index is 0.552. The van der Waals surface area contributed by atoms with Gasteiger partial charge in [-0.15, -0.1) is 0 Å². The third-order valence-electron chi connectivity index (χ3n) is 12.3. The first-order valence-corrected chi connectivity index (χ1v) is 21.1. The fraction of sp³-hybridized carbons (Fsp3) is 0. The Kier molecular flexibility index (Phi) is 7.80. The van der Waals surface area contributed by atoms with Crippen LogP contribution in [0.5, 0.6) is 0 Å². The van der Waals surface area contributed by atoms with Gasteiger partial charge in [0.25, 0.3) is 0 Å². The van der Waals surface area contributed by atoms with Crippen LogP contribution in [0.2, 0.25) is 0 Å². The molecule has 6 heteroatoms. The highest BCUT2D eigenvalue weighted by molar-refractivity contribution is 6.18.